The highest BCUT2D eigenvalue weighted by atomic mass is 32.1. The molecule has 0 spiro atoms. The molecule has 0 atom stereocenters. The zero-order valence-corrected chi connectivity index (χ0v) is 32.3. The second kappa shape index (κ2) is 14.0. The highest BCUT2D eigenvalue weighted by Gasteiger charge is 2.20. The largest absolute Gasteiger partial charge is 0.140 e. The number of hydrogen-bond acceptors (Lipinski definition) is 1. The lowest BCUT2D eigenvalue weighted by molar-refractivity contribution is 1.03. The average molecular weight is 743 g/mol. The summed E-state index contributed by atoms with van der Waals surface area (Å²) in [5.74, 6) is 0. The van der Waals surface area contributed by atoms with E-state index in [1.54, 1.807) is 0 Å². The third-order valence-corrected chi connectivity index (χ3v) is 13.0. The Morgan fingerprint density at radius 1 is 0.316 bits per heavy atom. The van der Waals surface area contributed by atoms with Crippen LogP contribution < -0.4 is 0 Å². The van der Waals surface area contributed by atoms with Gasteiger partial charge in [-0.1, -0.05) is 152 Å². The number of benzene rings is 9. The molecule has 9 aromatic carbocycles. The standard InChI is InChI=1S/C56H38S/c1-3-13-37(14-4-1)43-29-45(33-47(31-43)51-23-11-19-39-17-7-9-21-49(39)51)41-25-27-55-53(35-41)54-36-42(26-28-56(54)57-55)46-30-44(38-15-5-2-6-16-38)32-48(34-46)52-24-12-20-40-18-8-10-22-50(40)52/h1-25,27,29-36H,26,28H2. The Morgan fingerprint density at radius 3 is 1.42 bits per heavy atom. The van der Waals surface area contributed by atoms with Crippen molar-refractivity contribution in [1.29, 1.82) is 0 Å². The van der Waals surface area contributed by atoms with E-state index in [1.807, 2.05) is 11.3 Å². The summed E-state index contributed by atoms with van der Waals surface area (Å²) >= 11 is 1.96. The minimum absolute atomic E-state index is 1.02. The Balaban J connectivity index is 1.06. The molecule has 0 radical (unpaired) electrons. The molecule has 0 saturated heterocycles. The van der Waals surface area contributed by atoms with Gasteiger partial charge in [-0.2, -0.15) is 0 Å². The fourth-order valence-corrected chi connectivity index (χ4v) is 10.0. The van der Waals surface area contributed by atoms with Crippen LogP contribution in [0.25, 0.3) is 98.9 Å². The first-order chi connectivity index (χ1) is 28.2. The first kappa shape index (κ1) is 33.5. The second-order valence-corrected chi connectivity index (χ2v) is 16.3. The van der Waals surface area contributed by atoms with Gasteiger partial charge in [0.1, 0.15) is 0 Å². The van der Waals surface area contributed by atoms with Crippen molar-refractivity contribution in [2.24, 2.45) is 0 Å². The molecule has 1 aromatic heterocycles. The summed E-state index contributed by atoms with van der Waals surface area (Å²) in [6, 6.07) is 73.9. The lowest BCUT2D eigenvalue weighted by Crippen LogP contribution is -1.97. The average Bonchev–Trinajstić information content (AvgIpc) is 3.66. The highest BCUT2D eigenvalue weighted by molar-refractivity contribution is 7.19. The molecule has 10 aromatic rings. The summed E-state index contributed by atoms with van der Waals surface area (Å²) < 4.78 is 1.35. The van der Waals surface area contributed by atoms with Crippen molar-refractivity contribution in [3.05, 3.63) is 216 Å². The van der Waals surface area contributed by atoms with Gasteiger partial charge in [-0.15, -0.1) is 11.3 Å². The predicted molar refractivity (Wildman–Crippen MR) is 247 cm³/mol. The molecule has 1 aliphatic rings. The number of aryl methyl sites for hydroxylation is 1. The quantitative estimate of drug-likeness (QED) is 0.159. The van der Waals surface area contributed by atoms with Crippen LogP contribution in [0.5, 0.6) is 0 Å². The van der Waals surface area contributed by atoms with Gasteiger partial charge in [0.05, 0.1) is 0 Å². The van der Waals surface area contributed by atoms with E-state index in [9.17, 15) is 0 Å². The minimum atomic E-state index is 1.02. The van der Waals surface area contributed by atoms with E-state index in [-0.39, 0.29) is 0 Å². The molecular formula is C56H38S. The summed E-state index contributed by atoms with van der Waals surface area (Å²) in [5.41, 5.74) is 16.5. The molecule has 0 fully saturated rings. The summed E-state index contributed by atoms with van der Waals surface area (Å²) in [4.78, 5) is 1.48. The number of fused-ring (bicyclic) bond motifs is 5. The summed E-state index contributed by atoms with van der Waals surface area (Å²) in [5, 5.41) is 6.43. The van der Waals surface area contributed by atoms with Gasteiger partial charge >= 0.3 is 0 Å². The van der Waals surface area contributed by atoms with E-state index in [0.717, 1.165) is 12.8 Å². The van der Waals surface area contributed by atoms with Gasteiger partial charge in [0.25, 0.3) is 0 Å². The molecule has 1 heterocycles. The molecule has 0 saturated carbocycles. The lowest BCUT2D eigenvalue weighted by Gasteiger charge is -2.18. The minimum Gasteiger partial charge on any atom is -0.140 e. The van der Waals surface area contributed by atoms with Gasteiger partial charge in [0, 0.05) is 15.0 Å². The molecule has 0 unspecified atom stereocenters. The normalized spacial score (nSPS) is 12.5. The Labute approximate surface area is 337 Å². The van der Waals surface area contributed by atoms with Gasteiger partial charge < -0.3 is 0 Å². The van der Waals surface area contributed by atoms with E-state index >= 15 is 0 Å². The van der Waals surface area contributed by atoms with E-state index in [0.29, 0.717) is 0 Å². The number of thiophene rings is 1. The van der Waals surface area contributed by atoms with Crippen LogP contribution in [0.15, 0.2) is 200 Å². The number of rotatable bonds is 6. The van der Waals surface area contributed by atoms with Crippen LogP contribution in [-0.4, -0.2) is 0 Å². The molecule has 11 rings (SSSR count). The van der Waals surface area contributed by atoms with Gasteiger partial charge in [-0.3, -0.25) is 0 Å². The Hall–Kier alpha value is -6.80. The maximum absolute atomic E-state index is 2.50. The van der Waals surface area contributed by atoms with Crippen molar-refractivity contribution in [2.45, 2.75) is 12.8 Å². The Morgan fingerprint density at radius 2 is 0.807 bits per heavy atom. The van der Waals surface area contributed by atoms with Crippen molar-refractivity contribution in [3.63, 3.8) is 0 Å². The van der Waals surface area contributed by atoms with E-state index in [1.165, 1.54) is 109 Å². The molecule has 1 aliphatic carbocycles. The first-order valence-corrected chi connectivity index (χ1v) is 20.7. The SMILES string of the molecule is C1=C(c2cc(-c3ccccc3)cc(-c3cccc4ccccc34)c2)CCc2sc3ccc(-c4cc(-c5ccccc5)cc(-c5cccc6ccccc56)c4)cc3c21. The van der Waals surface area contributed by atoms with E-state index in [4.69, 9.17) is 0 Å². The summed E-state index contributed by atoms with van der Waals surface area (Å²) in [7, 11) is 0. The van der Waals surface area contributed by atoms with E-state index < -0.39 is 0 Å². The van der Waals surface area contributed by atoms with Crippen molar-refractivity contribution in [1.82, 2.24) is 0 Å². The molecule has 0 aliphatic heterocycles. The zero-order valence-electron chi connectivity index (χ0n) is 31.5. The van der Waals surface area contributed by atoms with Crippen LogP contribution in [0.4, 0.5) is 0 Å². The highest BCUT2D eigenvalue weighted by Crippen LogP contribution is 2.44. The van der Waals surface area contributed by atoms with Crippen molar-refractivity contribution in [2.75, 3.05) is 0 Å². The molecule has 0 bridgehead atoms. The van der Waals surface area contributed by atoms with Gasteiger partial charge in [0.15, 0.2) is 0 Å². The van der Waals surface area contributed by atoms with Crippen LogP contribution in [0.2, 0.25) is 0 Å². The first-order valence-electron chi connectivity index (χ1n) is 19.9. The fourth-order valence-electron chi connectivity index (χ4n) is 8.88. The lowest BCUT2D eigenvalue weighted by atomic mass is 9.87. The van der Waals surface area contributed by atoms with Crippen LogP contribution in [0.1, 0.15) is 22.4 Å². The molecule has 268 valence electrons. The van der Waals surface area contributed by atoms with Crippen molar-refractivity contribution >= 4 is 54.6 Å². The van der Waals surface area contributed by atoms with Crippen LogP contribution in [0.3, 0.4) is 0 Å². The smallest absolute Gasteiger partial charge is 0.0352 e. The maximum atomic E-state index is 2.50. The maximum Gasteiger partial charge on any atom is 0.0352 e. The second-order valence-electron chi connectivity index (χ2n) is 15.2. The monoisotopic (exact) mass is 742 g/mol. The Bertz CT molecular complexity index is 3150. The third-order valence-electron chi connectivity index (χ3n) is 11.7. The van der Waals surface area contributed by atoms with Crippen molar-refractivity contribution in [3.8, 4) is 55.6 Å². The molecule has 57 heavy (non-hydrogen) atoms. The predicted octanol–water partition coefficient (Wildman–Crippen LogP) is 16.0. The summed E-state index contributed by atoms with van der Waals surface area (Å²) in [6.07, 6.45) is 4.57. The molecule has 0 N–H and O–H groups in total. The number of hydrogen-bond donors (Lipinski definition) is 0. The number of allylic oxidation sites excluding steroid dienone is 1. The molecule has 0 nitrogen and oxygen atoms in total. The van der Waals surface area contributed by atoms with Gasteiger partial charge in [-0.25, -0.2) is 0 Å². The molecule has 0 amide bonds. The van der Waals surface area contributed by atoms with Crippen LogP contribution in [0, 0.1) is 0 Å². The van der Waals surface area contributed by atoms with Crippen LogP contribution >= 0.6 is 11.3 Å². The topological polar surface area (TPSA) is 0 Å². The fraction of sp³-hybridized carbons (Fsp3) is 0.0357. The van der Waals surface area contributed by atoms with Crippen LogP contribution in [-0.2, 0) is 6.42 Å². The van der Waals surface area contributed by atoms with Gasteiger partial charge in [-0.05, 0) is 161 Å². The molecule has 1 heteroatoms. The third kappa shape index (κ3) is 6.18. The molecular weight excluding hydrogens is 705 g/mol. The van der Waals surface area contributed by atoms with E-state index in [2.05, 4.69) is 206 Å². The Kier molecular flexibility index (Phi) is 8.26. The van der Waals surface area contributed by atoms with Gasteiger partial charge in [0.2, 0.25) is 0 Å². The summed E-state index contributed by atoms with van der Waals surface area (Å²) in [6.45, 7) is 0. The zero-order chi connectivity index (χ0) is 37.7. The van der Waals surface area contributed by atoms with Crippen molar-refractivity contribution < 1.29 is 0 Å².